The van der Waals surface area contributed by atoms with Crippen molar-refractivity contribution < 1.29 is 0 Å². The zero-order valence-corrected chi connectivity index (χ0v) is 8.54. The summed E-state index contributed by atoms with van der Waals surface area (Å²) in [6, 6.07) is 0.371. The van der Waals surface area contributed by atoms with E-state index in [2.05, 4.69) is 31.1 Å². The Hall–Kier alpha value is -1.03. The van der Waals surface area contributed by atoms with Crippen molar-refractivity contribution in [2.75, 3.05) is 12.3 Å². The lowest BCUT2D eigenvalue weighted by Gasteiger charge is -2.13. The summed E-state index contributed by atoms with van der Waals surface area (Å²) >= 11 is 0. The maximum atomic E-state index is 5.74. The number of aromatic nitrogens is 2. The minimum atomic E-state index is 0.371. The van der Waals surface area contributed by atoms with Crippen LogP contribution in [0, 0.1) is 0 Å². The topological polar surface area (TPSA) is 55.9 Å². The number of nitrogen functional groups attached to an aromatic ring is 1. The van der Waals surface area contributed by atoms with Crippen LogP contribution in [-0.2, 0) is 6.54 Å². The molecule has 1 rings (SSSR count). The van der Waals surface area contributed by atoms with Crippen LogP contribution in [0.2, 0.25) is 0 Å². The molecule has 0 aliphatic rings. The summed E-state index contributed by atoms with van der Waals surface area (Å²) in [5.41, 5.74) is 6.89. The quantitative estimate of drug-likeness (QED) is 0.734. The van der Waals surface area contributed by atoms with Crippen LogP contribution in [0.25, 0.3) is 0 Å². The van der Waals surface area contributed by atoms with Gasteiger partial charge < -0.3 is 15.6 Å². The predicted molar refractivity (Wildman–Crippen MR) is 54.4 cm³/mol. The first-order valence-corrected chi connectivity index (χ1v) is 4.69. The second-order valence-electron chi connectivity index (χ2n) is 3.35. The first-order valence-electron chi connectivity index (χ1n) is 4.69. The Kier molecular flexibility index (Phi) is 3.31. The Balaban J connectivity index is 2.81. The van der Waals surface area contributed by atoms with Gasteiger partial charge in [-0.15, -0.1) is 0 Å². The molecule has 0 aliphatic carbocycles. The summed E-state index contributed by atoms with van der Waals surface area (Å²) in [6.07, 6.45) is 1.83. The first-order chi connectivity index (χ1) is 6.16. The lowest BCUT2D eigenvalue weighted by atomic mass is 10.3. The highest BCUT2D eigenvalue weighted by molar-refractivity contribution is 5.23. The van der Waals surface area contributed by atoms with Gasteiger partial charge in [0.05, 0.1) is 11.9 Å². The zero-order valence-electron chi connectivity index (χ0n) is 8.54. The van der Waals surface area contributed by atoms with Gasteiger partial charge >= 0.3 is 0 Å². The van der Waals surface area contributed by atoms with Gasteiger partial charge in [0.15, 0.2) is 0 Å². The van der Waals surface area contributed by atoms with E-state index in [-0.39, 0.29) is 0 Å². The van der Waals surface area contributed by atoms with E-state index in [4.69, 9.17) is 5.73 Å². The highest BCUT2D eigenvalue weighted by Gasteiger charge is 2.08. The summed E-state index contributed by atoms with van der Waals surface area (Å²) < 4.78 is 2.04. The van der Waals surface area contributed by atoms with Crippen LogP contribution in [0.4, 0.5) is 5.95 Å². The van der Waals surface area contributed by atoms with Crippen LogP contribution in [-0.4, -0.2) is 16.1 Å². The lowest BCUT2D eigenvalue weighted by molar-refractivity contribution is 0.563. The van der Waals surface area contributed by atoms with Gasteiger partial charge in [0.1, 0.15) is 0 Å². The van der Waals surface area contributed by atoms with Crippen molar-refractivity contribution in [3.63, 3.8) is 0 Å². The number of nitrogens with zero attached hydrogens (tertiary/aromatic N) is 2. The number of nitrogens with one attached hydrogen (secondary N) is 1. The van der Waals surface area contributed by atoms with E-state index in [1.165, 1.54) is 0 Å². The molecule has 74 valence electrons. The predicted octanol–water partition coefficient (Wildman–Crippen LogP) is 1.16. The fourth-order valence-electron chi connectivity index (χ4n) is 1.39. The second-order valence-corrected chi connectivity index (χ2v) is 3.35. The van der Waals surface area contributed by atoms with E-state index < -0.39 is 0 Å². The molecule has 0 radical (unpaired) electrons. The van der Waals surface area contributed by atoms with E-state index in [0.717, 1.165) is 18.8 Å². The highest BCUT2D eigenvalue weighted by Crippen LogP contribution is 2.14. The van der Waals surface area contributed by atoms with Crippen molar-refractivity contribution in [2.24, 2.45) is 0 Å². The summed E-state index contributed by atoms with van der Waals surface area (Å²) in [6.45, 7) is 8.09. The number of anilines is 1. The smallest absolute Gasteiger partial charge is 0.200 e. The Morgan fingerprint density at radius 1 is 1.62 bits per heavy atom. The Bertz CT molecular complexity index is 265. The Morgan fingerprint density at radius 3 is 2.85 bits per heavy atom. The summed E-state index contributed by atoms with van der Waals surface area (Å²) in [7, 11) is 0. The monoisotopic (exact) mass is 182 g/mol. The Labute approximate surface area is 79.1 Å². The van der Waals surface area contributed by atoms with Gasteiger partial charge in [-0.3, -0.25) is 0 Å². The molecule has 13 heavy (non-hydrogen) atoms. The molecule has 0 spiro atoms. The molecule has 3 N–H and O–H groups in total. The molecule has 0 saturated heterocycles. The fraction of sp³-hybridized carbons (Fsp3) is 0.667. The molecular formula is C9H18N4. The molecule has 1 aromatic heterocycles. The number of imidazole rings is 1. The summed E-state index contributed by atoms with van der Waals surface area (Å²) in [4.78, 5) is 4.09. The minimum absolute atomic E-state index is 0.371. The molecule has 0 amide bonds. The molecule has 0 aliphatic heterocycles. The maximum Gasteiger partial charge on any atom is 0.200 e. The lowest BCUT2D eigenvalue weighted by Crippen LogP contribution is -2.17. The minimum Gasteiger partial charge on any atom is -0.369 e. The SMILES string of the molecule is CCNCc1cnc(N)n1C(C)C. The van der Waals surface area contributed by atoms with Gasteiger partial charge in [-0.25, -0.2) is 4.98 Å². The van der Waals surface area contributed by atoms with Gasteiger partial charge in [-0.05, 0) is 20.4 Å². The molecule has 0 unspecified atom stereocenters. The number of hydrogen-bond donors (Lipinski definition) is 2. The van der Waals surface area contributed by atoms with Crippen molar-refractivity contribution in [3.8, 4) is 0 Å². The molecule has 0 bridgehead atoms. The van der Waals surface area contributed by atoms with E-state index >= 15 is 0 Å². The van der Waals surface area contributed by atoms with Gasteiger partial charge in [0.25, 0.3) is 0 Å². The van der Waals surface area contributed by atoms with E-state index in [1.54, 1.807) is 0 Å². The van der Waals surface area contributed by atoms with Gasteiger partial charge in [-0.2, -0.15) is 0 Å². The Morgan fingerprint density at radius 2 is 2.31 bits per heavy atom. The van der Waals surface area contributed by atoms with Gasteiger partial charge in [0, 0.05) is 12.6 Å². The molecular weight excluding hydrogens is 164 g/mol. The van der Waals surface area contributed by atoms with Crippen molar-refractivity contribution in [1.82, 2.24) is 14.9 Å². The third-order valence-electron chi connectivity index (χ3n) is 1.97. The molecule has 0 saturated carbocycles. The van der Waals surface area contributed by atoms with Crippen LogP contribution in [0.1, 0.15) is 32.5 Å². The molecule has 0 aromatic carbocycles. The van der Waals surface area contributed by atoms with E-state index in [1.807, 2.05) is 10.8 Å². The summed E-state index contributed by atoms with van der Waals surface area (Å²) in [5, 5.41) is 3.26. The van der Waals surface area contributed by atoms with Crippen LogP contribution >= 0.6 is 0 Å². The largest absolute Gasteiger partial charge is 0.369 e. The van der Waals surface area contributed by atoms with Gasteiger partial charge in [0.2, 0.25) is 5.95 Å². The zero-order chi connectivity index (χ0) is 9.84. The average molecular weight is 182 g/mol. The third-order valence-corrected chi connectivity index (χ3v) is 1.97. The van der Waals surface area contributed by atoms with Crippen LogP contribution in [0.5, 0.6) is 0 Å². The highest BCUT2D eigenvalue weighted by atomic mass is 15.2. The molecule has 0 fully saturated rings. The van der Waals surface area contributed by atoms with Gasteiger partial charge in [-0.1, -0.05) is 6.92 Å². The molecule has 1 heterocycles. The van der Waals surface area contributed by atoms with E-state index in [0.29, 0.717) is 12.0 Å². The number of nitrogens with two attached hydrogens (primary N) is 1. The molecule has 4 nitrogen and oxygen atoms in total. The first kappa shape index (κ1) is 10.1. The number of hydrogen-bond acceptors (Lipinski definition) is 3. The third kappa shape index (κ3) is 2.21. The molecule has 4 heteroatoms. The van der Waals surface area contributed by atoms with Crippen molar-refractivity contribution in [1.29, 1.82) is 0 Å². The van der Waals surface area contributed by atoms with Crippen LogP contribution < -0.4 is 11.1 Å². The normalized spacial score (nSPS) is 11.1. The maximum absolute atomic E-state index is 5.74. The van der Waals surface area contributed by atoms with Crippen molar-refractivity contribution in [2.45, 2.75) is 33.4 Å². The van der Waals surface area contributed by atoms with Crippen molar-refractivity contribution >= 4 is 5.95 Å². The van der Waals surface area contributed by atoms with Crippen LogP contribution in [0.15, 0.2) is 6.20 Å². The number of rotatable bonds is 4. The standard InChI is InChI=1S/C9H18N4/c1-4-11-5-8-6-12-9(10)13(8)7(2)3/h6-7,11H,4-5H2,1-3H3,(H2,10,12). The molecule has 1 aromatic rings. The van der Waals surface area contributed by atoms with E-state index in [9.17, 15) is 0 Å². The van der Waals surface area contributed by atoms with Crippen LogP contribution in [0.3, 0.4) is 0 Å². The summed E-state index contributed by atoms with van der Waals surface area (Å²) in [5.74, 6) is 0.600. The van der Waals surface area contributed by atoms with Crippen molar-refractivity contribution in [3.05, 3.63) is 11.9 Å². The average Bonchev–Trinajstić information content (AvgIpc) is 2.43. The fourth-order valence-corrected chi connectivity index (χ4v) is 1.39. The second kappa shape index (κ2) is 4.28. The molecule has 0 atom stereocenters.